The summed E-state index contributed by atoms with van der Waals surface area (Å²) in [5, 5.41) is 11.8. The zero-order valence-corrected chi connectivity index (χ0v) is 30.6. The highest BCUT2D eigenvalue weighted by atomic mass is 16.5. The number of nitrogens with one attached hydrogen (secondary N) is 1. The standard InChI is InChI=1S/C37H42N10O6/c1-7-46-28(15-21(3)42-46)30(48)20-32-39-25-17-23(34(38)49)11-12-27(25)44(32)13-9-10-14-45-33-26(18-24(36(51)53-6)19-31(33)52-5)40-37(45)41-35(50)29-16-22(4)43-47(29)8-2/h11-12,15-19H,7-10,13-14,20H2,1-6H3,(H2,38,49)(H,40,41,50). The van der Waals surface area contributed by atoms with Crippen LogP contribution >= 0.6 is 0 Å². The van der Waals surface area contributed by atoms with E-state index in [1.54, 1.807) is 51.8 Å². The van der Waals surface area contributed by atoms with Crippen molar-refractivity contribution in [3.8, 4) is 5.75 Å². The van der Waals surface area contributed by atoms with E-state index < -0.39 is 11.9 Å². The van der Waals surface area contributed by atoms with E-state index in [4.69, 9.17) is 25.2 Å². The lowest BCUT2D eigenvalue weighted by Crippen LogP contribution is -2.20. The van der Waals surface area contributed by atoms with Gasteiger partial charge in [0.25, 0.3) is 5.91 Å². The van der Waals surface area contributed by atoms with Crippen molar-refractivity contribution >= 4 is 51.6 Å². The number of amides is 2. The van der Waals surface area contributed by atoms with Crippen LogP contribution < -0.4 is 15.8 Å². The molecule has 0 aliphatic carbocycles. The number of fused-ring (bicyclic) bond motifs is 2. The lowest BCUT2D eigenvalue weighted by atomic mass is 10.1. The maximum atomic E-state index is 13.6. The number of rotatable bonds is 15. The summed E-state index contributed by atoms with van der Waals surface area (Å²) in [6, 6.07) is 11.7. The Morgan fingerprint density at radius 2 is 1.43 bits per heavy atom. The molecule has 16 nitrogen and oxygen atoms in total. The Labute approximate surface area is 304 Å². The van der Waals surface area contributed by atoms with Crippen molar-refractivity contribution in [2.24, 2.45) is 5.73 Å². The number of imidazole rings is 2. The van der Waals surface area contributed by atoms with E-state index in [1.165, 1.54) is 14.2 Å². The Morgan fingerprint density at radius 1 is 0.792 bits per heavy atom. The van der Waals surface area contributed by atoms with E-state index >= 15 is 0 Å². The maximum Gasteiger partial charge on any atom is 0.338 e. The average Bonchev–Trinajstić information content (AvgIpc) is 3.91. The van der Waals surface area contributed by atoms with Gasteiger partial charge >= 0.3 is 5.97 Å². The number of aromatic nitrogens is 8. The van der Waals surface area contributed by atoms with Crippen LogP contribution in [0.25, 0.3) is 22.1 Å². The highest BCUT2D eigenvalue weighted by Gasteiger charge is 2.23. The summed E-state index contributed by atoms with van der Waals surface area (Å²) in [6.45, 7) is 9.46. The number of esters is 1. The first-order chi connectivity index (χ1) is 25.5. The molecule has 0 spiro atoms. The smallest absolute Gasteiger partial charge is 0.338 e. The molecule has 0 fully saturated rings. The number of aryl methyl sites for hydroxylation is 6. The molecule has 2 amide bonds. The van der Waals surface area contributed by atoms with E-state index in [-0.39, 0.29) is 29.6 Å². The Kier molecular flexibility index (Phi) is 10.4. The molecule has 4 heterocycles. The number of unbranched alkanes of at least 4 members (excludes halogenated alkanes) is 1. The van der Waals surface area contributed by atoms with Gasteiger partial charge in [-0.3, -0.25) is 29.1 Å². The largest absolute Gasteiger partial charge is 0.494 e. The molecule has 6 rings (SSSR count). The molecule has 0 radical (unpaired) electrons. The molecular formula is C37H42N10O6. The van der Waals surface area contributed by atoms with Gasteiger partial charge in [0.2, 0.25) is 11.9 Å². The summed E-state index contributed by atoms with van der Waals surface area (Å²) < 4.78 is 17.8. The predicted molar refractivity (Wildman–Crippen MR) is 196 cm³/mol. The van der Waals surface area contributed by atoms with Crippen LogP contribution in [0.4, 0.5) is 5.95 Å². The molecule has 0 unspecified atom stereocenters. The first-order valence-electron chi connectivity index (χ1n) is 17.3. The minimum atomic E-state index is -0.569. The molecule has 276 valence electrons. The van der Waals surface area contributed by atoms with Gasteiger partial charge in [-0.15, -0.1) is 0 Å². The molecular weight excluding hydrogens is 680 g/mol. The first-order valence-corrected chi connectivity index (χ1v) is 17.3. The fourth-order valence-corrected chi connectivity index (χ4v) is 6.57. The van der Waals surface area contributed by atoms with Gasteiger partial charge in [-0.25, -0.2) is 14.8 Å². The second-order valence-corrected chi connectivity index (χ2v) is 12.6. The van der Waals surface area contributed by atoms with Crippen molar-refractivity contribution in [1.29, 1.82) is 0 Å². The van der Waals surface area contributed by atoms with Gasteiger partial charge < -0.3 is 24.3 Å². The van der Waals surface area contributed by atoms with Crippen molar-refractivity contribution < 1.29 is 28.7 Å². The summed E-state index contributed by atoms with van der Waals surface area (Å²) in [5.74, 6) is -0.416. The van der Waals surface area contributed by atoms with E-state index in [2.05, 4.69) is 15.5 Å². The van der Waals surface area contributed by atoms with Crippen molar-refractivity contribution in [3.63, 3.8) is 0 Å². The summed E-state index contributed by atoms with van der Waals surface area (Å²) >= 11 is 0. The van der Waals surface area contributed by atoms with Crippen molar-refractivity contribution in [2.45, 2.75) is 73.1 Å². The van der Waals surface area contributed by atoms with Gasteiger partial charge in [-0.2, -0.15) is 10.2 Å². The number of carbonyl (C=O) groups is 4. The topological polar surface area (TPSA) is 196 Å². The Bertz CT molecular complexity index is 2380. The number of benzene rings is 2. The third-order valence-corrected chi connectivity index (χ3v) is 9.04. The highest BCUT2D eigenvalue weighted by Crippen LogP contribution is 2.32. The normalized spacial score (nSPS) is 11.4. The molecule has 2 aromatic carbocycles. The molecule has 6 aromatic rings. The zero-order chi connectivity index (χ0) is 38.0. The molecule has 3 N–H and O–H groups in total. The lowest BCUT2D eigenvalue weighted by Gasteiger charge is -2.14. The van der Waals surface area contributed by atoms with Gasteiger partial charge in [-0.05, 0) is 83.0 Å². The number of anilines is 1. The number of methoxy groups -OCH3 is 2. The van der Waals surface area contributed by atoms with Crippen LogP contribution in [0.3, 0.4) is 0 Å². The molecule has 0 bridgehead atoms. The summed E-state index contributed by atoms with van der Waals surface area (Å²) in [5.41, 5.74) is 10.8. The molecule has 0 aliphatic heterocycles. The highest BCUT2D eigenvalue weighted by molar-refractivity contribution is 6.04. The Balaban J connectivity index is 1.31. The van der Waals surface area contributed by atoms with Crippen LogP contribution in [0.1, 0.15) is 85.6 Å². The van der Waals surface area contributed by atoms with Gasteiger partial charge in [0, 0.05) is 31.7 Å². The van der Waals surface area contributed by atoms with Crippen LogP contribution in [-0.2, 0) is 37.3 Å². The summed E-state index contributed by atoms with van der Waals surface area (Å²) in [6.07, 6.45) is 1.27. The number of ether oxygens (including phenoxy) is 2. The SMILES string of the molecule is CCn1nc(C)cc1C(=O)Cc1nc2cc(C(N)=O)ccc2n1CCCCn1c(NC(=O)c2cc(C)nn2CC)nc2cc(C(=O)OC)cc(OC)c21. The Hall–Kier alpha value is -6.32. The minimum Gasteiger partial charge on any atom is -0.494 e. The van der Waals surface area contributed by atoms with Crippen molar-refractivity contribution in [1.82, 2.24) is 38.7 Å². The molecule has 4 aromatic heterocycles. The lowest BCUT2D eigenvalue weighted by molar-refractivity contribution is 0.0600. The quantitative estimate of drug-likeness (QED) is 0.0866. The predicted octanol–water partition coefficient (Wildman–Crippen LogP) is 4.49. The molecule has 0 saturated carbocycles. The summed E-state index contributed by atoms with van der Waals surface area (Å²) in [4.78, 5) is 61.1. The minimum absolute atomic E-state index is 0.0294. The van der Waals surface area contributed by atoms with E-state index in [1.807, 2.05) is 36.8 Å². The monoisotopic (exact) mass is 722 g/mol. The van der Waals surface area contributed by atoms with Crippen LogP contribution in [0, 0.1) is 13.8 Å². The molecule has 0 atom stereocenters. The van der Waals surface area contributed by atoms with Crippen LogP contribution in [0.2, 0.25) is 0 Å². The van der Waals surface area contributed by atoms with Gasteiger partial charge in [0.15, 0.2) is 5.78 Å². The zero-order valence-electron chi connectivity index (χ0n) is 30.6. The van der Waals surface area contributed by atoms with Gasteiger partial charge in [0.05, 0.1) is 54.1 Å². The maximum absolute atomic E-state index is 13.6. The number of hydrogen-bond acceptors (Lipinski definition) is 10. The fourth-order valence-electron chi connectivity index (χ4n) is 6.57. The number of nitrogens with two attached hydrogens (primary N) is 1. The van der Waals surface area contributed by atoms with E-state index in [0.717, 1.165) is 11.2 Å². The second-order valence-electron chi connectivity index (χ2n) is 12.6. The van der Waals surface area contributed by atoms with Crippen LogP contribution in [0.5, 0.6) is 5.75 Å². The van der Waals surface area contributed by atoms with Crippen LogP contribution in [-0.4, -0.2) is 76.4 Å². The van der Waals surface area contributed by atoms with Gasteiger partial charge in [-0.1, -0.05) is 0 Å². The average molecular weight is 723 g/mol. The molecule has 53 heavy (non-hydrogen) atoms. The third-order valence-electron chi connectivity index (χ3n) is 9.04. The molecule has 0 aliphatic rings. The van der Waals surface area contributed by atoms with Crippen LogP contribution in [0.15, 0.2) is 42.5 Å². The third kappa shape index (κ3) is 7.24. The number of nitrogens with zero attached hydrogens (tertiary/aromatic N) is 8. The second kappa shape index (κ2) is 15.1. The van der Waals surface area contributed by atoms with E-state index in [9.17, 15) is 19.2 Å². The first kappa shape index (κ1) is 36.5. The van der Waals surface area contributed by atoms with Crippen molar-refractivity contribution in [3.05, 3.63) is 82.2 Å². The number of primary amides is 1. The number of ketones is 1. The summed E-state index contributed by atoms with van der Waals surface area (Å²) in [7, 11) is 2.80. The van der Waals surface area contributed by atoms with Crippen molar-refractivity contribution in [2.75, 3.05) is 19.5 Å². The number of hydrogen-bond donors (Lipinski definition) is 2. The number of carbonyl (C=O) groups excluding carboxylic acids is 4. The fraction of sp³-hybridized carbons (Fsp3) is 0.351. The molecule has 0 saturated heterocycles. The Morgan fingerprint density at radius 3 is 2.08 bits per heavy atom. The number of Topliss-reactive ketones (excluding diaryl/α,β-unsaturated/α-hetero) is 1. The van der Waals surface area contributed by atoms with Gasteiger partial charge in [0.1, 0.15) is 28.5 Å². The van der Waals surface area contributed by atoms with E-state index in [0.29, 0.717) is 89.8 Å². The molecule has 16 heteroatoms.